The monoisotopic (exact) mass is 491 g/mol. The molecule has 184 valence electrons. The van der Waals surface area contributed by atoms with Crippen molar-refractivity contribution in [2.45, 2.75) is 63.5 Å². The molecule has 1 fully saturated rings. The number of rotatable bonds is 12. The van der Waals surface area contributed by atoms with Crippen LogP contribution in [0.15, 0.2) is 54.6 Å². The van der Waals surface area contributed by atoms with E-state index in [1.54, 1.807) is 6.07 Å². The van der Waals surface area contributed by atoms with Gasteiger partial charge in [-0.2, -0.15) is 8.78 Å². The molecule has 0 radical (unpaired) electrons. The number of aliphatic hydroxyl groups excluding tert-OH is 1. The minimum absolute atomic E-state index is 0.0340. The van der Waals surface area contributed by atoms with Crippen molar-refractivity contribution in [1.82, 2.24) is 4.90 Å². The molecule has 3 rings (SSSR count). The molecule has 2 N–H and O–H groups in total. The van der Waals surface area contributed by atoms with E-state index in [2.05, 4.69) is 12.1 Å². The van der Waals surface area contributed by atoms with E-state index in [1.807, 2.05) is 25.1 Å². The average Bonchev–Trinajstić information content (AvgIpc) is 3.36. The number of nitrogens with zero attached hydrogens (tertiary/aromatic N) is 1. The summed E-state index contributed by atoms with van der Waals surface area (Å²) in [6, 6.07) is 12.5. The van der Waals surface area contributed by atoms with Crippen LogP contribution in [0.2, 0.25) is 0 Å². The Morgan fingerprint density at radius 3 is 2.62 bits per heavy atom. The molecule has 0 spiro atoms. The highest BCUT2D eigenvalue weighted by molar-refractivity contribution is 7.13. The van der Waals surface area contributed by atoms with Gasteiger partial charge in [-0.1, -0.05) is 49.4 Å². The van der Waals surface area contributed by atoms with Gasteiger partial charge in [0.05, 0.1) is 12.1 Å². The van der Waals surface area contributed by atoms with E-state index in [4.69, 9.17) is 5.11 Å². The van der Waals surface area contributed by atoms with Crippen LogP contribution >= 0.6 is 11.3 Å². The number of aliphatic hydroxyl groups is 1. The van der Waals surface area contributed by atoms with Crippen LogP contribution < -0.4 is 0 Å². The lowest BCUT2D eigenvalue weighted by Crippen LogP contribution is -2.36. The number of aromatic carboxylic acids is 1. The molecule has 1 aliphatic heterocycles. The summed E-state index contributed by atoms with van der Waals surface area (Å²) >= 11 is 1.15. The fourth-order valence-electron chi connectivity index (χ4n) is 4.19. The Bertz CT molecular complexity index is 992. The Hall–Kier alpha value is -2.58. The van der Waals surface area contributed by atoms with E-state index in [1.165, 1.54) is 28.7 Å². The Morgan fingerprint density at radius 2 is 1.94 bits per heavy atom. The van der Waals surface area contributed by atoms with E-state index < -0.39 is 36.4 Å². The second-order valence-corrected chi connectivity index (χ2v) is 10.0. The molecular weight excluding hydrogens is 460 g/mol. The van der Waals surface area contributed by atoms with Crippen LogP contribution in [0.5, 0.6) is 0 Å². The number of aryl methyl sites for hydroxylation is 2. The Morgan fingerprint density at radius 1 is 1.21 bits per heavy atom. The topological polar surface area (TPSA) is 77.8 Å². The molecular formula is C26H31F2NO4S. The lowest BCUT2D eigenvalue weighted by atomic mass is 9.95. The van der Waals surface area contributed by atoms with Gasteiger partial charge in [-0.3, -0.25) is 4.79 Å². The summed E-state index contributed by atoms with van der Waals surface area (Å²) in [5, 5.41) is 19.5. The number of halogens is 2. The average molecular weight is 492 g/mol. The van der Waals surface area contributed by atoms with Crippen molar-refractivity contribution in [3.05, 3.63) is 69.9 Å². The summed E-state index contributed by atoms with van der Waals surface area (Å²) < 4.78 is 28.3. The lowest BCUT2D eigenvalue weighted by molar-refractivity contribution is -0.148. The summed E-state index contributed by atoms with van der Waals surface area (Å²) in [7, 11) is 0. The number of hydrogen-bond donors (Lipinski definition) is 2. The number of carboxylic acid groups (broad SMARTS) is 1. The SMILES string of the molecule is C[C@H](CCCc1ccccc1)[C@H](O)C=CC1CC(F)(F)C(=O)N1CCCc1ccc(C(=O)O)s1. The standard InChI is InChI=1S/C26H31F2NO4S/c1-18(7-5-10-19-8-3-2-4-9-19)22(30)14-12-20-17-26(27,28)25(33)29(20)16-6-11-21-13-15-23(34-21)24(31)32/h2-4,8-9,12-15,18,20,22,30H,5-7,10-11,16-17H2,1H3,(H,31,32)/t18-,20?,22-/m1/s1. The first-order valence-corrected chi connectivity index (χ1v) is 12.4. The summed E-state index contributed by atoms with van der Waals surface area (Å²) in [5.74, 6) is -5.64. The van der Waals surface area contributed by atoms with Gasteiger partial charge in [-0.25, -0.2) is 4.79 Å². The highest BCUT2D eigenvalue weighted by atomic mass is 32.1. The zero-order valence-corrected chi connectivity index (χ0v) is 20.0. The molecule has 5 nitrogen and oxygen atoms in total. The second-order valence-electron chi connectivity index (χ2n) is 8.88. The molecule has 0 aliphatic carbocycles. The van der Waals surface area contributed by atoms with E-state index >= 15 is 0 Å². The minimum Gasteiger partial charge on any atom is -0.477 e. The maximum atomic E-state index is 14.1. The summed E-state index contributed by atoms with van der Waals surface area (Å²) in [5.41, 5.74) is 1.24. The smallest absolute Gasteiger partial charge is 0.345 e. The van der Waals surface area contributed by atoms with Crippen LogP contribution in [0.4, 0.5) is 8.78 Å². The molecule has 3 atom stereocenters. The quantitative estimate of drug-likeness (QED) is 0.401. The third kappa shape index (κ3) is 6.96. The normalized spacial score (nSPS) is 19.6. The number of amides is 1. The number of carbonyl (C=O) groups is 2. The Balaban J connectivity index is 1.51. The van der Waals surface area contributed by atoms with Crippen molar-refractivity contribution < 1.29 is 28.6 Å². The molecule has 1 aliphatic rings. The third-order valence-corrected chi connectivity index (χ3v) is 7.35. The van der Waals surface area contributed by atoms with Gasteiger partial charge in [0.2, 0.25) is 0 Å². The van der Waals surface area contributed by atoms with Crippen molar-refractivity contribution >= 4 is 23.2 Å². The fourth-order valence-corrected chi connectivity index (χ4v) is 5.07. The maximum Gasteiger partial charge on any atom is 0.345 e. The molecule has 0 bridgehead atoms. The highest BCUT2D eigenvalue weighted by Crippen LogP contribution is 2.34. The summed E-state index contributed by atoms with van der Waals surface area (Å²) in [4.78, 5) is 25.5. The van der Waals surface area contributed by atoms with Crippen LogP contribution in [0.1, 0.15) is 52.7 Å². The van der Waals surface area contributed by atoms with Crippen LogP contribution in [-0.4, -0.2) is 51.6 Å². The van der Waals surface area contributed by atoms with E-state index in [0.29, 0.717) is 12.8 Å². The largest absolute Gasteiger partial charge is 0.477 e. The predicted molar refractivity (Wildman–Crippen MR) is 128 cm³/mol. The summed E-state index contributed by atoms with van der Waals surface area (Å²) in [6.45, 7) is 2.07. The molecule has 0 saturated carbocycles. The first kappa shape index (κ1) is 26.0. The lowest BCUT2D eigenvalue weighted by Gasteiger charge is -2.22. The zero-order chi connectivity index (χ0) is 24.7. The molecule has 34 heavy (non-hydrogen) atoms. The molecule has 1 saturated heterocycles. The van der Waals surface area contributed by atoms with Gasteiger partial charge >= 0.3 is 11.9 Å². The van der Waals surface area contributed by atoms with Crippen molar-refractivity contribution in [2.24, 2.45) is 5.92 Å². The van der Waals surface area contributed by atoms with Gasteiger partial charge in [-0.15, -0.1) is 11.3 Å². The molecule has 1 aromatic carbocycles. The van der Waals surface area contributed by atoms with Crippen LogP contribution in [0.25, 0.3) is 0 Å². The van der Waals surface area contributed by atoms with Gasteiger partial charge in [0.25, 0.3) is 5.91 Å². The third-order valence-electron chi connectivity index (χ3n) is 6.22. The number of benzene rings is 1. The number of carboxylic acids is 1. The second kappa shape index (κ2) is 11.7. The van der Waals surface area contributed by atoms with E-state index in [0.717, 1.165) is 35.5 Å². The van der Waals surface area contributed by atoms with E-state index in [9.17, 15) is 23.5 Å². The first-order valence-electron chi connectivity index (χ1n) is 11.6. The van der Waals surface area contributed by atoms with Crippen molar-refractivity contribution in [3.63, 3.8) is 0 Å². The Kier molecular flexibility index (Phi) is 8.97. The predicted octanol–water partition coefficient (Wildman–Crippen LogP) is 5.19. The zero-order valence-electron chi connectivity index (χ0n) is 19.2. The van der Waals surface area contributed by atoms with Crippen molar-refractivity contribution in [3.8, 4) is 0 Å². The van der Waals surface area contributed by atoms with Crippen LogP contribution in [0, 0.1) is 5.92 Å². The molecule has 8 heteroatoms. The molecule has 1 amide bonds. The Labute approximate surface area is 202 Å². The van der Waals surface area contributed by atoms with Crippen molar-refractivity contribution in [1.29, 1.82) is 0 Å². The van der Waals surface area contributed by atoms with Crippen molar-refractivity contribution in [2.75, 3.05) is 6.54 Å². The summed E-state index contributed by atoms with van der Waals surface area (Å²) in [6.07, 6.45) is 5.27. The fraction of sp³-hybridized carbons (Fsp3) is 0.462. The van der Waals surface area contributed by atoms with Crippen LogP contribution in [0.3, 0.4) is 0 Å². The molecule has 2 aromatic rings. The molecule has 2 heterocycles. The number of likely N-dealkylation sites (tertiary alicyclic amines) is 1. The van der Waals surface area contributed by atoms with Gasteiger partial charge in [0, 0.05) is 17.8 Å². The molecule has 1 aromatic heterocycles. The number of hydrogen-bond acceptors (Lipinski definition) is 4. The van der Waals surface area contributed by atoms with Gasteiger partial charge in [0.15, 0.2) is 0 Å². The molecule has 1 unspecified atom stereocenters. The van der Waals surface area contributed by atoms with Gasteiger partial charge in [-0.05, 0) is 55.7 Å². The van der Waals surface area contributed by atoms with E-state index in [-0.39, 0.29) is 17.3 Å². The number of alkyl halides is 2. The highest BCUT2D eigenvalue weighted by Gasteiger charge is 2.52. The number of carbonyl (C=O) groups excluding carboxylic acids is 1. The van der Waals surface area contributed by atoms with Gasteiger partial charge < -0.3 is 15.1 Å². The minimum atomic E-state index is -3.42. The first-order chi connectivity index (χ1) is 16.2. The maximum absolute atomic E-state index is 14.1. The van der Waals surface area contributed by atoms with Crippen LogP contribution in [-0.2, 0) is 17.6 Å². The van der Waals surface area contributed by atoms with Gasteiger partial charge in [0.1, 0.15) is 4.88 Å². The number of thiophene rings is 1.